The number of benzene rings is 1. The zero-order chi connectivity index (χ0) is 13.2. The average Bonchev–Trinajstić information content (AvgIpc) is 2.39. The van der Waals surface area contributed by atoms with Gasteiger partial charge < -0.3 is 15.6 Å². The average molecular weight is 249 g/mol. The van der Waals surface area contributed by atoms with Crippen molar-refractivity contribution in [1.29, 1.82) is 0 Å². The number of hydrogen-bond donors (Lipinski definition) is 2. The standard InChI is InChI=1S/C15H23NO2/c1-15(16,11-3-7-13(17)8-4-11)12-5-9-14(18-2)10-6-12/h5-6,9-11,13,17H,3-4,7-8,16H2,1-2H3. The Bertz CT molecular complexity index is 378. The number of aliphatic hydroxyl groups is 1. The van der Waals surface area contributed by atoms with Crippen LogP contribution in [0.4, 0.5) is 0 Å². The molecule has 0 amide bonds. The molecule has 1 atom stereocenters. The van der Waals surface area contributed by atoms with Crippen LogP contribution in [-0.2, 0) is 5.54 Å². The van der Waals surface area contributed by atoms with Crippen LogP contribution in [0.15, 0.2) is 24.3 Å². The molecule has 100 valence electrons. The molecule has 0 heterocycles. The predicted molar refractivity (Wildman–Crippen MR) is 72.5 cm³/mol. The van der Waals surface area contributed by atoms with E-state index in [9.17, 15) is 5.11 Å². The van der Waals surface area contributed by atoms with E-state index in [4.69, 9.17) is 10.5 Å². The van der Waals surface area contributed by atoms with Crippen molar-refractivity contribution in [3.8, 4) is 5.75 Å². The van der Waals surface area contributed by atoms with Gasteiger partial charge in [-0.05, 0) is 56.2 Å². The van der Waals surface area contributed by atoms with Gasteiger partial charge in [-0.15, -0.1) is 0 Å². The van der Waals surface area contributed by atoms with E-state index in [2.05, 4.69) is 6.92 Å². The van der Waals surface area contributed by atoms with Crippen LogP contribution in [0.3, 0.4) is 0 Å². The zero-order valence-corrected chi connectivity index (χ0v) is 11.2. The number of nitrogens with two attached hydrogens (primary N) is 1. The van der Waals surface area contributed by atoms with Crippen molar-refractivity contribution in [3.05, 3.63) is 29.8 Å². The highest BCUT2D eigenvalue weighted by Gasteiger charge is 2.34. The fraction of sp³-hybridized carbons (Fsp3) is 0.600. The summed E-state index contributed by atoms with van der Waals surface area (Å²) in [6.07, 6.45) is 3.61. The van der Waals surface area contributed by atoms with E-state index >= 15 is 0 Å². The first kappa shape index (κ1) is 13.4. The van der Waals surface area contributed by atoms with Gasteiger partial charge in [0.25, 0.3) is 0 Å². The van der Waals surface area contributed by atoms with E-state index in [-0.39, 0.29) is 11.6 Å². The summed E-state index contributed by atoms with van der Waals surface area (Å²) in [4.78, 5) is 0. The van der Waals surface area contributed by atoms with Crippen LogP contribution in [0.1, 0.15) is 38.2 Å². The van der Waals surface area contributed by atoms with Gasteiger partial charge in [-0.2, -0.15) is 0 Å². The second kappa shape index (κ2) is 5.29. The van der Waals surface area contributed by atoms with E-state index in [1.807, 2.05) is 24.3 Å². The quantitative estimate of drug-likeness (QED) is 0.865. The van der Waals surface area contributed by atoms with E-state index in [0.29, 0.717) is 5.92 Å². The monoisotopic (exact) mass is 249 g/mol. The molecule has 0 bridgehead atoms. The predicted octanol–water partition coefficient (Wildman–Crippen LogP) is 2.42. The second-order valence-corrected chi connectivity index (χ2v) is 5.52. The number of methoxy groups -OCH3 is 1. The first-order valence-electron chi connectivity index (χ1n) is 6.65. The van der Waals surface area contributed by atoms with Crippen molar-refractivity contribution < 1.29 is 9.84 Å². The van der Waals surface area contributed by atoms with Crippen LogP contribution < -0.4 is 10.5 Å². The van der Waals surface area contributed by atoms with E-state index in [1.165, 1.54) is 0 Å². The van der Waals surface area contributed by atoms with Crippen molar-refractivity contribution in [3.63, 3.8) is 0 Å². The third-order valence-corrected chi connectivity index (χ3v) is 4.26. The molecule has 1 unspecified atom stereocenters. The lowest BCUT2D eigenvalue weighted by Gasteiger charge is -2.38. The molecule has 1 fully saturated rings. The number of rotatable bonds is 3. The maximum Gasteiger partial charge on any atom is 0.118 e. The Morgan fingerprint density at radius 2 is 1.72 bits per heavy atom. The third kappa shape index (κ3) is 2.68. The van der Waals surface area contributed by atoms with Gasteiger partial charge in [0.2, 0.25) is 0 Å². The van der Waals surface area contributed by atoms with Gasteiger partial charge in [0.15, 0.2) is 0 Å². The van der Waals surface area contributed by atoms with E-state index in [0.717, 1.165) is 37.0 Å². The van der Waals surface area contributed by atoms with Crippen molar-refractivity contribution in [2.24, 2.45) is 11.7 Å². The van der Waals surface area contributed by atoms with Crippen molar-refractivity contribution in [1.82, 2.24) is 0 Å². The summed E-state index contributed by atoms with van der Waals surface area (Å²) in [5, 5.41) is 9.57. The molecule has 2 rings (SSSR count). The van der Waals surface area contributed by atoms with Crippen LogP contribution in [0.2, 0.25) is 0 Å². The lowest BCUT2D eigenvalue weighted by atomic mass is 9.72. The summed E-state index contributed by atoms with van der Waals surface area (Å²) in [5.74, 6) is 1.29. The maximum absolute atomic E-state index is 9.57. The van der Waals surface area contributed by atoms with E-state index in [1.54, 1.807) is 7.11 Å². The fourth-order valence-corrected chi connectivity index (χ4v) is 2.86. The number of hydrogen-bond acceptors (Lipinski definition) is 3. The van der Waals surface area contributed by atoms with Crippen LogP contribution in [-0.4, -0.2) is 18.3 Å². The van der Waals surface area contributed by atoms with Gasteiger partial charge in [-0.25, -0.2) is 0 Å². The third-order valence-electron chi connectivity index (χ3n) is 4.26. The van der Waals surface area contributed by atoms with Crippen LogP contribution in [0, 0.1) is 5.92 Å². The second-order valence-electron chi connectivity index (χ2n) is 5.52. The lowest BCUT2D eigenvalue weighted by Crippen LogP contribution is -2.43. The highest BCUT2D eigenvalue weighted by Crippen LogP contribution is 2.37. The number of ether oxygens (including phenoxy) is 1. The van der Waals surface area contributed by atoms with Crippen LogP contribution in [0.5, 0.6) is 5.75 Å². The van der Waals surface area contributed by atoms with Gasteiger partial charge in [0, 0.05) is 5.54 Å². The van der Waals surface area contributed by atoms with Gasteiger partial charge in [-0.1, -0.05) is 12.1 Å². The highest BCUT2D eigenvalue weighted by molar-refractivity contribution is 5.31. The minimum Gasteiger partial charge on any atom is -0.497 e. The number of aliphatic hydroxyl groups excluding tert-OH is 1. The Morgan fingerprint density at radius 3 is 2.22 bits per heavy atom. The van der Waals surface area contributed by atoms with Gasteiger partial charge in [0.05, 0.1) is 13.2 Å². The molecular formula is C15H23NO2. The Morgan fingerprint density at radius 1 is 1.17 bits per heavy atom. The summed E-state index contributed by atoms with van der Waals surface area (Å²) in [6, 6.07) is 8.00. The molecule has 0 saturated heterocycles. The van der Waals surface area contributed by atoms with E-state index < -0.39 is 0 Å². The van der Waals surface area contributed by atoms with Gasteiger partial charge in [0.1, 0.15) is 5.75 Å². The summed E-state index contributed by atoms with van der Waals surface area (Å²) in [7, 11) is 1.67. The first-order valence-corrected chi connectivity index (χ1v) is 6.65. The molecule has 1 saturated carbocycles. The summed E-state index contributed by atoms with van der Waals surface area (Å²) in [6.45, 7) is 2.09. The molecule has 18 heavy (non-hydrogen) atoms. The smallest absolute Gasteiger partial charge is 0.118 e. The molecule has 3 heteroatoms. The lowest BCUT2D eigenvalue weighted by molar-refractivity contribution is 0.0855. The Labute approximate surface area is 109 Å². The molecule has 1 aliphatic carbocycles. The molecule has 3 N–H and O–H groups in total. The van der Waals surface area contributed by atoms with Crippen molar-refractivity contribution in [2.75, 3.05) is 7.11 Å². The van der Waals surface area contributed by atoms with Crippen molar-refractivity contribution in [2.45, 2.75) is 44.2 Å². The molecule has 3 nitrogen and oxygen atoms in total. The largest absolute Gasteiger partial charge is 0.497 e. The molecule has 0 spiro atoms. The molecule has 1 aliphatic rings. The maximum atomic E-state index is 9.57. The molecule has 1 aromatic carbocycles. The molecular weight excluding hydrogens is 226 g/mol. The van der Waals surface area contributed by atoms with Gasteiger partial charge in [-0.3, -0.25) is 0 Å². The molecule has 0 aliphatic heterocycles. The summed E-state index contributed by atoms with van der Waals surface area (Å²) in [5.41, 5.74) is 7.34. The zero-order valence-electron chi connectivity index (χ0n) is 11.2. The normalized spacial score (nSPS) is 27.6. The Hall–Kier alpha value is -1.06. The Balaban J connectivity index is 2.13. The minimum absolute atomic E-state index is 0.132. The summed E-state index contributed by atoms with van der Waals surface area (Å²) < 4.78 is 5.17. The van der Waals surface area contributed by atoms with Crippen LogP contribution >= 0.6 is 0 Å². The van der Waals surface area contributed by atoms with Crippen LogP contribution in [0.25, 0.3) is 0 Å². The fourth-order valence-electron chi connectivity index (χ4n) is 2.86. The topological polar surface area (TPSA) is 55.5 Å². The van der Waals surface area contributed by atoms with Gasteiger partial charge >= 0.3 is 0 Å². The molecule has 0 radical (unpaired) electrons. The SMILES string of the molecule is COc1ccc(C(C)(N)C2CCC(O)CC2)cc1. The molecule has 0 aromatic heterocycles. The first-order chi connectivity index (χ1) is 8.54. The summed E-state index contributed by atoms with van der Waals surface area (Å²) >= 11 is 0. The molecule has 1 aromatic rings. The Kier molecular flexibility index (Phi) is 3.93. The highest BCUT2D eigenvalue weighted by atomic mass is 16.5. The van der Waals surface area contributed by atoms with Crippen molar-refractivity contribution >= 4 is 0 Å². The minimum atomic E-state index is -0.327.